The number of nitrogen functional groups attached to an aromatic ring is 1. The SMILES string of the molecule is COc1cc(N)cnc1C(F)F. The maximum Gasteiger partial charge on any atom is 0.284 e. The van der Waals surface area contributed by atoms with Gasteiger partial charge >= 0.3 is 0 Å². The van der Waals surface area contributed by atoms with E-state index in [1.165, 1.54) is 19.4 Å². The molecule has 1 aromatic rings. The van der Waals surface area contributed by atoms with E-state index in [0.717, 1.165) is 0 Å². The van der Waals surface area contributed by atoms with Gasteiger partial charge in [-0.15, -0.1) is 0 Å². The fraction of sp³-hybridized carbons (Fsp3) is 0.286. The molecule has 0 radical (unpaired) electrons. The molecule has 0 fully saturated rings. The Kier molecular flexibility index (Phi) is 2.42. The number of halogens is 2. The molecule has 0 unspecified atom stereocenters. The first-order chi connectivity index (χ1) is 5.65. The largest absolute Gasteiger partial charge is 0.495 e. The summed E-state index contributed by atoms with van der Waals surface area (Å²) in [5, 5.41) is 0. The van der Waals surface area contributed by atoms with Crippen molar-refractivity contribution in [1.82, 2.24) is 4.98 Å². The number of nitrogens with zero attached hydrogens (tertiary/aromatic N) is 1. The molecule has 0 aliphatic heterocycles. The first kappa shape index (κ1) is 8.70. The first-order valence-electron chi connectivity index (χ1n) is 3.22. The van der Waals surface area contributed by atoms with Crippen LogP contribution in [0, 0.1) is 0 Å². The number of hydrogen-bond acceptors (Lipinski definition) is 3. The molecule has 1 heterocycles. The lowest BCUT2D eigenvalue weighted by Gasteiger charge is -2.06. The summed E-state index contributed by atoms with van der Waals surface area (Å²) < 4.78 is 29.0. The van der Waals surface area contributed by atoms with Gasteiger partial charge in [0.05, 0.1) is 19.0 Å². The van der Waals surface area contributed by atoms with Gasteiger partial charge < -0.3 is 10.5 Å². The van der Waals surface area contributed by atoms with Crippen molar-refractivity contribution in [2.45, 2.75) is 6.43 Å². The molecule has 0 spiro atoms. The Balaban J connectivity index is 3.11. The summed E-state index contributed by atoms with van der Waals surface area (Å²) >= 11 is 0. The van der Waals surface area contributed by atoms with E-state index in [-0.39, 0.29) is 11.4 Å². The molecule has 1 aromatic heterocycles. The minimum Gasteiger partial charge on any atom is -0.495 e. The molecule has 66 valence electrons. The van der Waals surface area contributed by atoms with Crippen molar-refractivity contribution in [1.29, 1.82) is 0 Å². The number of hydrogen-bond donors (Lipinski definition) is 1. The Morgan fingerprint density at radius 3 is 2.75 bits per heavy atom. The number of nitrogens with two attached hydrogens (primary N) is 1. The zero-order chi connectivity index (χ0) is 9.14. The molecule has 0 aromatic carbocycles. The van der Waals surface area contributed by atoms with E-state index < -0.39 is 6.43 Å². The lowest BCUT2D eigenvalue weighted by Crippen LogP contribution is -1.98. The smallest absolute Gasteiger partial charge is 0.284 e. The molecule has 2 N–H and O–H groups in total. The van der Waals surface area contributed by atoms with Gasteiger partial charge in [-0.3, -0.25) is 0 Å². The minimum absolute atomic E-state index is 0.0185. The van der Waals surface area contributed by atoms with Gasteiger partial charge in [-0.25, -0.2) is 13.8 Å². The van der Waals surface area contributed by atoms with Gasteiger partial charge in [-0.05, 0) is 0 Å². The van der Waals surface area contributed by atoms with Crippen LogP contribution in [0.25, 0.3) is 0 Å². The van der Waals surface area contributed by atoms with Gasteiger partial charge in [0.25, 0.3) is 6.43 Å². The number of ether oxygens (including phenoxy) is 1. The standard InChI is InChI=1S/C7H8F2N2O/c1-12-5-2-4(10)3-11-6(5)7(8)9/h2-3,7H,10H2,1H3. The third kappa shape index (κ3) is 1.61. The van der Waals surface area contributed by atoms with Crippen LogP contribution in [-0.2, 0) is 0 Å². The van der Waals surface area contributed by atoms with Crippen LogP contribution < -0.4 is 10.5 Å². The lowest BCUT2D eigenvalue weighted by atomic mass is 10.3. The molecule has 0 aliphatic rings. The van der Waals surface area contributed by atoms with Crippen molar-refractivity contribution in [2.75, 3.05) is 12.8 Å². The third-order valence-electron chi connectivity index (χ3n) is 1.33. The molecule has 0 bridgehead atoms. The summed E-state index contributed by atoms with van der Waals surface area (Å²) in [6.45, 7) is 0. The highest BCUT2D eigenvalue weighted by molar-refractivity contribution is 5.44. The number of methoxy groups -OCH3 is 1. The summed E-state index contributed by atoms with van der Waals surface area (Å²) in [7, 11) is 1.29. The maximum atomic E-state index is 12.2. The van der Waals surface area contributed by atoms with Crippen LogP contribution in [0.3, 0.4) is 0 Å². The highest BCUT2D eigenvalue weighted by Crippen LogP contribution is 2.27. The molecule has 0 saturated carbocycles. The van der Waals surface area contributed by atoms with Crippen LogP contribution in [0.5, 0.6) is 5.75 Å². The molecule has 0 aliphatic carbocycles. The van der Waals surface area contributed by atoms with Crippen LogP contribution in [0.1, 0.15) is 12.1 Å². The average Bonchev–Trinajstić information content (AvgIpc) is 2.03. The highest BCUT2D eigenvalue weighted by atomic mass is 19.3. The third-order valence-corrected chi connectivity index (χ3v) is 1.33. The van der Waals surface area contributed by atoms with E-state index in [1.807, 2.05) is 0 Å². The van der Waals surface area contributed by atoms with Crippen molar-refractivity contribution < 1.29 is 13.5 Å². The average molecular weight is 174 g/mol. The second-order valence-electron chi connectivity index (χ2n) is 2.16. The van der Waals surface area contributed by atoms with Crippen LogP contribution in [-0.4, -0.2) is 12.1 Å². The monoisotopic (exact) mass is 174 g/mol. The maximum absolute atomic E-state index is 12.2. The molecule has 1 rings (SSSR count). The number of aromatic nitrogens is 1. The van der Waals surface area contributed by atoms with Crippen LogP contribution in [0.2, 0.25) is 0 Å². The van der Waals surface area contributed by atoms with Crippen molar-refractivity contribution >= 4 is 5.69 Å². The normalized spacial score (nSPS) is 10.3. The second kappa shape index (κ2) is 3.34. The minimum atomic E-state index is -2.64. The van der Waals surface area contributed by atoms with Crippen molar-refractivity contribution in [2.24, 2.45) is 0 Å². The number of rotatable bonds is 2. The van der Waals surface area contributed by atoms with E-state index >= 15 is 0 Å². The Morgan fingerprint density at radius 1 is 1.58 bits per heavy atom. The topological polar surface area (TPSA) is 48.1 Å². The molecule has 0 amide bonds. The van der Waals surface area contributed by atoms with Crippen LogP contribution in [0.4, 0.5) is 14.5 Å². The summed E-state index contributed by atoms with van der Waals surface area (Å²) in [6, 6.07) is 1.31. The summed E-state index contributed by atoms with van der Waals surface area (Å²) in [4.78, 5) is 3.45. The van der Waals surface area contributed by atoms with Gasteiger partial charge in [0.1, 0.15) is 11.4 Å². The second-order valence-corrected chi connectivity index (χ2v) is 2.16. The molecule has 12 heavy (non-hydrogen) atoms. The van der Waals surface area contributed by atoms with Gasteiger partial charge in [0.2, 0.25) is 0 Å². The Hall–Kier alpha value is -1.39. The Morgan fingerprint density at radius 2 is 2.25 bits per heavy atom. The molecular formula is C7H8F2N2O. The van der Waals surface area contributed by atoms with Gasteiger partial charge in [0, 0.05) is 6.07 Å². The fourth-order valence-corrected chi connectivity index (χ4v) is 0.798. The van der Waals surface area contributed by atoms with Crippen LogP contribution in [0.15, 0.2) is 12.3 Å². The van der Waals surface area contributed by atoms with E-state index in [0.29, 0.717) is 5.69 Å². The van der Waals surface area contributed by atoms with Gasteiger partial charge in [0.15, 0.2) is 0 Å². The number of pyridine rings is 1. The van der Waals surface area contributed by atoms with Gasteiger partial charge in [-0.2, -0.15) is 0 Å². The molecular weight excluding hydrogens is 166 g/mol. The zero-order valence-electron chi connectivity index (χ0n) is 6.42. The molecule has 3 nitrogen and oxygen atoms in total. The molecule has 0 atom stereocenters. The predicted molar refractivity (Wildman–Crippen MR) is 40.2 cm³/mol. The quantitative estimate of drug-likeness (QED) is 0.740. The van der Waals surface area contributed by atoms with Gasteiger partial charge in [-0.1, -0.05) is 0 Å². The first-order valence-corrected chi connectivity index (χ1v) is 3.22. The van der Waals surface area contributed by atoms with E-state index in [9.17, 15) is 8.78 Å². The Bertz CT molecular complexity index is 278. The van der Waals surface area contributed by atoms with Crippen molar-refractivity contribution in [3.05, 3.63) is 18.0 Å². The lowest BCUT2D eigenvalue weighted by molar-refractivity contribution is 0.141. The number of anilines is 1. The molecule has 0 saturated heterocycles. The number of alkyl halides is 2. The highest BCUT2D eigenvalue weighted by Gasteiger charge is 2.15. The van der Waals surface area contributed by atoms with Crippen molar-refractivity contribution in [3.8, 4) is 5.75 Å². The zero-order valence-corrected chi connectivity index (χ0v) is 6.42. The fourth-order valence-electron chi connectivity index (χ4n) is 0.798. The Labute approximate surface area is 68.2 Å². The molecule has 5 heteroatoms. The van der Waals surface area contributed by atoms with Crippen molar-refractivity contribution in [3.63, 3.8) is 0 Å². The van der Waals surface area contributed by atoms with E-state index in [2.05, 4.69) is 9.72 Å². The van der Waals surface area contributed by atoms with Crippen LogP contribution >= 0.6 is 0 Å². The van der Waals surface area contributed by atoms with E-state index in [1.54, 1.807) is 0 Å². The summed E-state index contributed by atoms with van der Waals surface area (Å²) in [6.07, 6.45) is -1.47. The summed E-state index contributed by atoms with van der Waals surface area (Å²) in [5.74, 6) is 0.0185. The summed E-state index contributed by atoms with van der Waals surface area (Å²) in [5.41, 5.74) is 5.24. The van der Waals surface area contributed by atoms with E-state index in [4.69, 9.17) is 5.73 Å². The predicted octanol–water partition coefficient (Wildman–Crippen LogP) is 1.61.